The predicted octanol–water partition coefficient (Wildman–Crippen LogP) is 0.764. The highest BCUT2D eigenvalue weighted by atomic mass is 35.5. The third-order valence-electron chi connectivity index (χ3n) is 6.60. The molecule has 0 saturated carbocycles. The fourth-order valence-electron chi connectivity index (χ4n) is 4.94. The zero-order valence-corrected chi connectivity index (χ0v) is 20.2. The van der Waals surface area contributed by atoms with Gasteiger partial charge >= 0.3 is 0 Å². The number of amides is 2. The van der Waals surface area contributed by atoms with E-state index in [4.69, 9.17) is 21.1 Å². The molecule has 11 heteroatoms. The summed E-state index contributed by atoms with van der Waals surface area (Å²) in [6, 6.07) is 3.90. The van der Waals surface area contributed by atoms with Crippen LogP contribution in [0.4, 0.5) is 0 Å². The lowest BCUT2D eigenvalue weighted by Gasteiger charge is -2.34. The molecule has 2 aliphatic heterocycles. The molecular formula is C22H30ClN3O6S. The Labute approximate surface area is 199 Å². The van der Waals surface area contributed by atoms with Crippen molar-refractivity contribution in [3.63, 3.8) is 0 Å². The highest BCUT2D eigenvalue weighted by Gasteiger charge is 2.42. The fraction of sp³-hybridized carbons (Fsp3) is 0.636. The number of likely N-dealkylation sites (tertiary alicyclic amines) is 1. The quantitative estimate of drug-likeness (QED) is 0.566. The summed E-state index contributed by atoms with van der Waals surface area (Å²) in [5, 5.41) is 0.643. The maximum absolute atomic E-state index is 13.1. The molecule has 1 aliphatic carbocycles. The number of carbonyl (C=O) groups is 2. The summed E-state index contributed by atoms with van der Waals surface area (Å²) < 4.78 is 39.0. The predicted molar refractivity (Wildman–Crippen MR) is 123 cm³/mol. The van der Waals surface area contributed by atoms with Gasteiger partial charge in [-0.2, -0.15) is 0 Å². The van der Waals surface area contributed by atoms with Crippen molar-refractivity contribution in [3.8, 4) is 0 Å². The number of morpholine rings is 1. The molecule has 2 fully saturated rings. The van der Waals surface area contributed by atoms with E-state index >= 15 is 0 Å². The SMILES string of the molecule is COC[C@@H](C(=O)N1CCOCC1)N1CC[C@H](NS(=O)(=O)C[C@@H]2CCc3cc(Cl)ccc32)C1=O. The molecular weight excluding hydrogens is 470 g/mol. The monoisotopic (exact) mass is 499 g/mol. The van der Waals surface area contributed by atoms with Crippen LogP contribution in [0.1, 0.15) is 29.9 Å². The van der Waals surface area contributed by atoms with Crippen LogP contribution in [-0.4, -0.2) is 94.4 Å². The largest absolute Gasteiger partial charge is 0.382 e. The first-order valence-corrected chi connectivity index (χ1v) is 13.3. The van der Waals surface area contributed by atoms with Crippen LogP contribution >= 0.6 is 11.6 Å². The number of carbonyl (C=O) groups excluding carboxylic acids is 2. The Hall–Kier alpha value is -1.72. The van der Waals surface area contributed by atoms with Crippen molar-refractivity contribution in [2.24, 2.45) is 0 Å². The van der Waals surface area contributed by atoms with Crippen LogP contribution in [0.25, 0.3) is 0 Å². The lowest BCUT2D eigenvalue weighted by atomic mass is 10.0. The van der Waals surface area contributed by atoms with Crippen molar-refractivity contribution in [3.05, 3.63) is 34.3 Å². The van der Waals surface area contributed by atoms with Crippen molar-refractivity contribution in [2.45, 2.75) is 37.3 Å². The number of fused-ring (bicyclic) bond motifs is 1. The second kappa shape index (κ2) is 10.3. The van der Waals surface area contributed by atoms with E-state index < -0.39 is 22.1 Å². The molecule has 3 aliphatic rings. The zero-order chi connectivity index (χ0) is 23.6. The summed E-state index contributed by atoms with van der Waals surface area (Å²) in [4.78, 5) is 29.2. The van der Waals surface area contributed by atoms with Gasteiger partial charge < -0.3 is 19.3 Å². The molecule has 2 heterocycles. The number of benzene rings is 1. The van der Waals surface area contributed by atoms with Gasteiger partial charge in [0.05, 0.1) is 25.6 Å². The Balaban J connectivity index is 1.40. The molecule has 0 bridgehead atoms. The lowest BCUT2D eigenvalue weighted by molar-refractivity contribution is -0.148. The van der Waals surface area contributed by atoms with Gasteiger partial charge in [0, 0.05) is 31.8 Å². The molecule has 3 atom stereocenters. The first-order valence-electron chi connectivity index (χ1n) is 11.2. The second-order valence-corrected chi connectivity index (χ2v) is 11.0. The summed E-state index contributed by atoms with van der Waals surface area (Å²) in [7, 11) is -2.23. The molecule has 9 nitrogen and oxygen atoms in total. The number of hydrogen-bond donors (Lipinski definition) is 1. The van der Waals surface area contributed by atoms with Crippen molar-refractivity contribution < 1.29 is 27.5 Å². The van der Waals surface area contributed by atoms with Crippen molar-refractivity contribution >= 4 is 33.4 Å². The molecule has 1 aromatic rings. The molecule has 0 radical (unpaired) electrons. The van der Waals surface area contributed by atoms with Gasteiger partial charge in [-0.1, -0.05) is 17.7 Å². The first kappa shape index (κ1) is 24.4. The highest BCUT2D eigenvalue weighted by Crippen LogP contribution is 2.35. The first-order chi connectivity index (χ1) is 15.8. The summed E-state index contributed by atoms with van der Waals surface area (Å²) in [6.07, 6.45) is 1.82. The summed E-state index contributed by atoms with van der Waals surface area (Å²) >= 11 is 6.05. The van der Waals surface area contributed by atoms with Gasteiger partial charge in [-0.05, 0) is 48.4 Å². The van der Waals surface area contributed by atoms with Gasteiger partial charge in [-0.3, -0.25) is 9.59 Å². The number of ether oxygens (including phenoxy) is 2. The van der Waals surface area contributed by atoms with Gasteiger partial charge in [0.25, 0.3) is 0 Å². The third kappa shape index (κ3) is 5.51. The number of rotatable bonds is 8. The number of sulfonamides is 1. The van der Waals surface area contributed by atoms with Crippen LogP contribution < -0.4 is 4.72 Å². The van der Waals surface area contributed by atoms with E-state index in [1.54, 1.807) is 11.0 Å². The van der Waals surface area contributed by atoms with Crippen LogP contribution in [0, 0.1) is 0 Å². The fourth-order valence-corrected chi connectivity index (χ4v) is 6.76. The number of nitrogens with zero attached hydrogens (tertiary/aromatic N) is 2. The number of hydrogen-bond acceptors (Lipinski definition) is 6. The Morgan fingerprint density at radius 2 is 2.03 bits per heavy atom. The van der Waals surface area contributed by atoms with Gasteiger partial charge in [0.15, 0.2) is 0 Å². The van der Waals surface area contributed by atoms with Crippen molar-refractivity contribution in [1.82, 2.24) is 14.5 Å². The highest BCUT2D eigenvalue weighted by molar-refractivity contribution is 7.89. The lowest BCUT2D eigenvalue weighted by Crippen LogP contribution is -2.55. The van der Waals surface area contributed by atoms with Gasteiger partial charge in [-0.15, -0.1) is 0 Å². The second-order valence-electron chi connectivity index (χ2n) is 8.76. The van der Waals surface area contributed by atoms with Gasteiger partial charge in [0.1, 0.15) is 12.1 Å². The van der Waals surface area contributed by atoms with Crippen LogP contribution in [-0.2, 0) is 35.5 Å². The molecule has 2 saturated heterocycles. The third-order valence-corrected chi connectivity index (χ3v) is 8.32. The normalized spacial score (nSPS) is 24.2. The van der Waals surface area contributed by atoms with E-state index in [2.05, 4.69) is 4.72 Å². The molecule has 0 spiro atoms. The number of methoxy groups -OCH3 is 1. The molecule has 4 rings (SSSR count). The molecule has 2 amide bonds. The minimum Gasteiger partial charge on any atom is -0.382 e. The van der Waals surface area contributed by atoms with E-state index in [1.165, 1.54) is 12.0 Å². The number of halogens is 1. The summed E-state index contributed by atoms with van der Waals surface area (Å²) in [5.41, 5.74) is 2.08. The van der Waals surface area contributed by atoms with E-state index in [1.807, 2.05) is 12.1 Å². The molecule has 182 valence electrons. The van der Waals surface area contributed by atoms with E-state index in [0.29, 0.717) is 44.3 Å². The molecule has 1 aromatic carbocycles. The Bertz CT molecular complexity index is 998. The maximum atomic E-state index is 13.1. The average Bonchev–Trinajstić information content (AvgIpc) is 3.34. The van der Waals surface area contributed by atoms with E-state index in [9.17, 15) is 18.0 Å². The number of aryl methyl sites for hydroxylation is 1. The Kier molecular flexibility index (Phi) is 7.59. The average molecular weight is 500 g/mol. The molecule has 1 N–H and O–H groups in total. The smallest absolute Gasteiger partial charge is 0.247 e. The maximum Gasteiger partial charge on any atom is 0.247 e. The minimum atomic E-state index is -3.71. The van der Waals surface area contributed by atoms with Crippen LogP contribution in [0.15, 0.2) is 18.2 Å². The summed E-state index contributed by atoms with van der Waals surface area (Å²) in [5.74, 6) is -0.801. The van der Waals surface area contributed by atoms with Gasteiger partial charge in [0.2, 0.25) is 21.8 Å². The zero-order valence-electron chi connectivity index (χ0n) is 18.7. The molecule has 33 heavy (non-hydrogen) atoms. The molecule has 0 aromatic heterocycles. The number of nitrogens with one attached hydrogen (secondary N) is 1. The van der Waals surface area contributed by atoms with Crippen LogP contribution in [0.2, 0.25) is 5.02 Å². The van der Waals surface area contributed by atoms with Crippen molar-refractivity contribution in [1.29, 1.82) is 0 Å². The van der Waals surface area contributed by atoms with E-state index in [0.717, 1.165) is 24.0 Å². The topological polar surface area (TPSA) is 105 Å². The molecule has 0 unspecified atom stereocenters. The van der Waals surface area contributed by atoms with E-state index in [-0.39, 0.29) is 30.1 Å². The Morgan fingerprint density at radius 1 is 1.27 bits per heavy atom. The standard InChI is InChI=1S/C22H30ClN3O6S/c1-31-13-20(22(28)25-8-10-32-11-9-25)26-7-6-19(21(26)27)24-33(29,30)14-16-3-2-15-12-17(23)4-5-18(15)16/h4-5,12,16,19-20,24H,2-3,6-11,13-14H2,1H3/t16-,19-,20-/m0/s1. The van der Waals surface area contributed by atoms with Crippen molar-refractivity contribution in [2.75, 3.05) is 52.3 Å². The van der Waals surface area contributed by atoms with Gasteiger partial charge in [-0.25, -0.2) is 13.1 Å². The van der Waals surface area contributed by atoms with Crippen LogP contribution in [0.3, 0.4) is 0 Å². The van der Waals surface area contributed by atoms with Crippen LogP contribution in [0.5, 0.6) is 0 Å². The summed E-state index contributed by atoms with van der Waals surface area (Å²) in [6.45, 7) is 2.19. The Morgan fingerprint density at radius 3 is 2.76 bits per heavy atom. The minimum absolute atomic E-state index is 0.0584.